The summed E-state index contributed by atoms with van der Waals surface area (Å²) in [6, 6.07) is 35.0. The SMILES string of the molecule is Br.O=C(C[P](c1ccccc1)(c1ccccc1)c1ccccc1)c1ccncc1. The summed E-state index contributed by atoms with van der Waals surface area (Å²) in [7, 11) is -2.14. The average molecular weight is 463 g/mol. The van der Waals surface area contributed by atoms with Crippen LogP contribution in [-0.2, 0) is 0 Å². The molecule has 1 aromatic heterocycles. The first kappa shape index (κ1) is 21.1. The van der Waals surface area contributed by atoms with E-state index in [0.717, 1.165) is 0 Å². The number of ketones is 1. The fraction of sp³-hybridized carbons (Fsp3) is 0.0400. The van der Waals surface area contributed by atoms with Gasteiger partial charge < -0.3 is 0 Å². The first-order valence-electron chi connectivity index (χ1n) is 9.29. The van der Waals surface area contributed by atoms with Crippen molar-refractivity contribution in [1.82, 2.24) is 4.98 Å². The van der Waals surface area contributed by atoms with Crippen LogP contribution in [0.2, 0.25) is 0 Å². The van der Waals surface area contributed by atoms with Crippen molar-refractivity contribution in [1.29, 1.82) is 0 Å². The van der Waals surface area contributed by atoms with E-state index in [2.05, 4.69) is 77.8 Å². The van der Waals surface area contributed by atoms with Gasteiger partial charge in [0.1, 0.15) is 0 Å². The molecule has 0 aliphatic rings. The van der Waals surface area contributed by atoms with Crippen LogP contribution in [0.3, 0.4) is 0 Å². The molecule has 0 saturated heterocycles. The monoisotopic (exact) mass is 462 g/mol. The molecule has 4 heteroatoms. The number of carbonyl (C=O) groups excluding carboxylic acids is 1. The van der Waals surface area contributed by atoms with Crippen LogP contribution in [0.5, 0.6) is 0 Å². The summed E-state index contributed by atoms with van der Waals surface area (Å²) in [6.07, 6.45) is 3.82. The van der Waals surface area contributed by atoms with E-state index in [4.69, 9.17) is 0 Å². The van der Waals surface area contributed by atoms with Crippen molar-refractivity contribution < 1.29 is 4.79 Å². The highest BCUT2D eigenvalue weighted by atomic mass is 79.9. The van der Waals surface area contributed by atoms with Crippen molar-refractivity contribution in [2.45, 2.75) is 0 Å². The Balaban J connectivity index is 0.00000240. The van der Waals surface area contributed by atoms with E-state index in [-0.39, 0.29) is 22.8 Å². The second-order valence-corrected chi connectivity index (χ2v) is 10.1. The molecule has 4 rings (SSSR count). The van der Waals surface area contributed by atoms with Crippen LogP contribution >= 0.6 is 24.2 Å². The highest BCUT2D eigenvalue weighted by molar-refractivity contribution is 8.93. The maximum absolute atomic E-state index is 13.4. The summed E-state index contributed by atoms with van der Waals surface area (Å²) < 4.78 is 0. The lowest BCUT2D eigenvalue weighted by Gasteiger charge is -2.38. The van der Waals surface area contributed by atoms with Crippen molar-refractivity contribution in [2.75, 3.05) is 6.16 Å². The molecule has 0 N–H and O–H groups in total. The van der Waals surface area contributed by atoms with Crippen LogP contribution in [0.1, 0.15) is 10.4 Å². The number of hydrogen-bond acceptors (Lipinski definition) is 2. The second-order valence-electron chi connectivity index (χ2n) is 6.63. The number of hydrogen-bond donors (Lipinski definition) is 0. The predicted octanol–water partition coefficient (Wildman–Crippen LogP) is 4.84. The molecule has 4 aromatic rings. The summed E-state index contributed by atoms with van der Waals surface area (Å²) in [4.78, 5) is 17.4. The van der Waals surface area contributed by atoms with Gasteiger partial charge in [-0.3, -0.25) is 9.78 Å². The number of rotatable bonds is 6. The fourth-order valence-electron chi connectivity index (χ4n) is 3.61. The Labute approximate surface area is 182 Å². The zero-order valence-corrected chi connectivity index (χ0v) is 18.5. The number of carbonyl (C=O) groups is 1. The summed E-state index contributed by atoms with van der Waals surface area (Å²) in [5.74, 6) is 0.146. The number of halogens is 1. The Morgan fingerprint density at radius 2 is 1.00 bits per heavy atom. The van der Waals surface area contributed by atoms with Crippen molar-refractivity contribution in [2.24, 2.45) is 0 Å². The van der Waals surface area contributed by atoms with Gasteiger partial charge in [0.25, 0.3) is 0 Å². The molecule has 0 amide bonds. The molecule has 0 atom stereocenters. The Morgan fingerprint density at radius 1 is 0.621 bits per heavy atom. The van der Waals surface area contributed by atoms with Crippen molar-refractivity contribution in [3.63, 3.8) is 0 Å². The van der Waals surface area contributed by atoms with E-state index in [9.17, 15) is 4.79 Å². The number of Topliss-reactive ketones (excluding diaryl/α,β-unsaturated/α-hetero) is 1. The first-order valence-corrected chi connectivity index (χ1v) is 11.3. The zero-order chi connectivity index (χ0) is 19.2. The van der Waals surface area contributed by atoms with Crippen LogP contribution in [0.15, 0.2) is 116 Å². The molecule has 1 heterocycles. The summed E-state index contributed by atoms with van der Waals surface area (Å²) in [6.45, 7) is 0. The van der Waals surface area contributed by atoms with Gasteiger partial charge in [-0.25, -0.2) is 0 Å². The van der Waals surface area contributed by atoms with Gasteiger partial charge in [-0.1, -0.05) is 91.0 Å². The molecule has 0 aliphatic carbocycles. The summed E-state index contributed by atoms with van der Waals surface area (Å²) in [5, 5.41) is 3.65. The van der Waals surface area contributed by atoms with Crippen molar-refractivity contribution in [3.05, 3.63) is 121 Å². The van der Waals surface area contributed by atoms with E-state index in [1.54, 1.807) is 24.5 Å². The third-order valence-electron chi connectivity index (χ3n) is 4.97. The molecule has 0 saturated carbocycles. The van der Waals surface area contributed by atoms with Gasteiger partial charge in [-0.05, 0) is 35.3 Å². The van der Waals surface area contributed by atoms with Gasteiger partial charge >= 0.3 is 0 Å². The third-order valence-corrected chi connectivity index (χ3v) is 9.27. The van der Waals surface area contributed by atoms with Gasteiger partial charge in [0.05, 0.1) is 0 Å². The Bertz CT molecular complexity index is 945. The maximum atomic E-state index is 13.4. The molecule has 145 valence electrons. The van der Waals surface area contributed by atoms with Crippen molar-refractivity contribution >= 4 is 45.9 Å². The zero-order valence-electron chi connectivity index (χ0n) is 15.9. The average Bonchev–Trinajstić information content (AvgIpc) is 2.80. The molecule has 0 aliphatic heterocycles. The number of pyridine rings is 1. The number of nitrogens with zero attached hydrogens (tertiary/aromatic N) is 1. The van der Waals surface area contributed by atoms with Gasteiger partial charge in [0.2, 0.25) is 0 Å². The lowest BCUT2D eigenvalue weighted by atomic mass is 10.2. The van der Waals surface area contributed by atoms with Crippen LogP contribution in [-0.4, -0.2) is 16.9 Å². The van der Waals surface area contributed by atoms with Gasteiger partial charge in [0.15, 0.2) is 5.78 Å². The smallest absolute Gasteiger partial charge is 0.167 e. The highest BCUT2D eigenvalue weighted by Gasteiger charge is 2.36. The molecule has 1 radical (unpaired) electrons. The minimum Gasteiger partial charge on any atom is -0.294 e. The van der Waals surface area contributed by atoms with Crippen LogP contribution in [0, 0.1) is 0 Å². The van der Waals surface area contributed by atoms with Gasteiger partial charge in [-0.15, -0.1) is 17.0 Å². The quantitative estimate of drug-likeness (QED) is 0.303. The topological polar surface area (TPSA) is 30.0 Å². The first-order chi connectivity index (χ1) is 13.8. The molecular weight excluding hydrogens is 441 g/mol. The molecule has 0 spiro atoms. The highest BCUT2D eigenvalue weighted by Crippen LogP contribution is 2.55. The standard InChI is InChI=1S/C25H21NOP.BrH/c27-25(21-16-18-26-19-17-21)20-28(22-10-4-1-5-11-22,23-12-6-2-7-13-23)24-14-8-3-9-15-24;/h1-19H,20H2;1H. The van der Waals surface area contributed by atoms with Crippen LogP contribution in [0.4, 0.5) is 0 Å². The molecule has 3 aromatic carbocycles. The maximum Gasteiger partial charge on any atom is 0.167 e. The van der Waals surface area contributed by atoms with E-state index in [1.807, 2.05) is 18.2 Å². The predicted molar refractivity (Wildman–Crippen MR) is 129 cm³/mol. The van der Waals surface area contributed by atoms with Crippen molar-refractivity contribution in [3.8, 4) is 0 Å². The normalized spacial score (nSPS) is 10.8. The van der Waals surface area contributed by atoms with Gasteiger partial charge in [-0.2, -0.15) is 0 Å². The molecule has 2 nitrogen and oxygen atoms in total. The Hall–Kier alpha value is -2.61. The van der Waals surface area contributed by atoms with Crippen LogP contribution < -0.4 is 15.9 Å². The van der Waals surface area contributed by atoms with Crippen LogP contribution in [0.25, 0.3) is 0 Å². The van der Waals surface area contributed by atoms with Gasteiger partial charge in [0, 0.05) is 24.1 Å². The van der Waals surface area contributed by atoms with E-state index in [0.29, 0.717) is 11.7 Å². The summed E-state index contributed by atoms with van der Waals surface area (Å²) in [5.41, 5.74) is 0.710. The molecular formula is C25H22BrNOP. The molecule has 0 bridgehead atoms. The largest absolute Gasteiger partial charge is 0.294 e. The number of benzene rings is 3. The van der Waals surface area contributed by atoms with E-state index in [1.165, 1.54) is 15.9 Å². The molecule has 0 unspecified atom stereocenters. The van der Waals surface area contributed by atoms with E-state index >= 15 is 0 Å². The second kappa shape index (κ2) is 9.73. The fourth-order valence-corrected chi connectivity index (χ4v) is 7.71. The molecule has 0 fully saturated rings. The lowest BCUT2D eigenvalue weighted by Crippen LogP contribution is -2.35. The molecule has 29 heavy (non-hydrogen) atoms. The summed E-state index contributed by atoms with van der Waals surface area (Å²) >= 11 is 0. The minimum absolute atomic E-state index is 0. The van der Waals surface area contributed by atoms with E-state index < -0.39 is 7.26 Å². The Morgan fingerprint density at radius 3 is 1.38 bits per heavy atom. The third kappa shape index (κ3) is 4.37. The Kier molecular flexibility index (Phi) is 7.09. The minimum atomic E-state index is -2.14. The number of aromatic nitrogens is 1. The lowest BCUT2D eigenvalue weighted by molar-refractivity contribution is 0.102.